The van der Waals surface area contributed by atoms with Gasteiger partial charge in [-0.1, -0.05) is 0 Å². The Morgan fingerprint density at radius 1 is 1.64 bits per heavy atom. The largest absolute Gasteiger partial charge is 0.481 e. The number of carboxylic acid groups (broad SMARTS) is 1. The van der Waals surface area contributed by atoms with Gasteiger partial charge in [0.1, 0.15) is 0 Å². The Bertz CT molecular complexity index is 216. The van der Waals surface area contributed by atoms with Crippen molar-refractivity contribution in [3.05, 3.63) is 0 Å². The lowest BCUT2D eigenvalue weighted by Crippen LogP contribution is -2.52. The van der Waals surface area contributed by atoms with E-state index in [4.69, 9.17) is 5.11 Å². The number of hydrogen-bond donors (Lipinski definition) is 2. The number of hydrogen-bond acceptors (Lipinski definition) is 3. The fourth-order valence-electron chi connectivity index (χ4n) is 1.78. The van der Waals surface area contributed by atoms with Gasteiger partial charge in [-0.15, -0.1) is 0 Å². The van der Waals surface area contributed by atoms with Crippen molar-refractivity contribution < 1.29 is 9.90 Å². The summed E-state index contributed by atoms with van der Waals surface area (Å²) in [5.74, 6) is -0.719. The Hall–Kier alpha value is -0.610. The molecule has 0 aliphatic carbocycles. The van der Waals surface area contributed by atoms with Crippen molar-refractivity contribution in [3.8, 4) is 0 Å². The fraction of sp³-hybridized carbons (Fsp3) is 0.900. The van der Waals surface area contributed by atoms with Gasteiger partial charge in [-0.05, 0) is 20.8 Å². The minimum absolute atomic E-state index is 0.466. The fourth-order valence-corrected chi connectivity index (χ4v) is 1.78. The van der Waals surface area contributed by atoms with Crippen molar-refractivity contribution in [1.29, 1.82) is 0 Å². The van der Waals surface area contributed by atoms with E-state index < -0.39 is 11.4 Å². The molecule has 0 spiro atoms. The highest BCUT2D eigenvalue weighted by Gasteiger charge is 2.30. The third-order valence-electron chi connectivity index (χ3n) is 2.65. The summed E-state index contributed by atoms with van der Waals surface area (Å²) in [6, 6.07) is 0.466. The van der Waals surface area contributed by atoms with E-state index in [0.717, 1.165) is 19.6 Å². The van der Waals surface area contributed by atoms with E-state index in [9.17, 15) is 4.79 Å². The number of nitrogens with one attached hydrogen (secondary N) is 1. The summed E-state index contributed by atoms with van der Waals surface area (Å²) in [6.45, 7) is 9.16. The first-order valence-electron chi connectivity index (χ1n) is 5.11. The van der Waals surface area contributed by atoms with Crippen LogP contribution >= 0.6 is 0 Å². The molecule has 1 aliphatic heterocycles. The smallest absolute Gasteiger partial charge is 0.310 e. The van der Waals surface area contributed by atoms with Crippen LogP contribution < -0.4 is 5.32 Å². The minimum Gasteiger partial charge on any atom is -0.481 e. The molecule has 4 nitrogen and oxygen atoms in total. The second kappa shape index (κ2) is 4.28. The van der Waals surface area contributed by atoms with Gasteiger partial charge >= 0.3 is 5.97 Å². The van der Waals surface area contributed by atoms with Crippen molar-refractivity contribution in [3.63, 3.8) is 0 Å². The first-order chi connectivity index (χ1) is 6.42. The maximum atomic E-state index is 10.9. The molecule has 14 heavy (non-hydrogen) atoms. The Kier molecular flexibility index (Phi) is 3.50. The lowest BCUT2D eigenvalue weighted by atomic mass is 9.92. The minimum atomic E-state index is -0.719. The summed E-state index contributed by atoms with van der Waals surface area (Å²) in [5, 5.41) is 12.3. The third kappa shape index (κ3) is 2.96. The summed E-state index contributed by atoms with van der Waals surface area (Å²) < 4.78 is 0. The van der Waals surface area contributed by atoms with Gasteiger partial charge in [0.2, 0.25) is 0 Å². The number of nitrogens with zero attached hydrogens (tertiary/aromatic N) is 1. The first kappa shape index (κ1) is 11.5. The molecule has 1 saturated heterocycles. The molecule has 0 unspecified atom stereocenters. The molecular weight excluding hydrogens is 180 g/mol. The summed E-state index contributed by atoms with van der Waals surface area (Å²) in [4.78, 5) is 13.2. The molecule has 0 bridgehead atoms. The molecule has 0 aromatic rings. The Morgan fingerprint density at radius 2 is 2.29 bits per heavy atom. The number of rotatable bonds is 3. The van der Waals surface area contributed by atoms with Crippen LogP contribution in [0.2, 0.25) is 0 Å². The molecule has 1 aliphatic rings. The van der Waals surface area contributed by atoms with Crippen LogP contribution in [0.15, 0.2) is 0 Å². The molecule has 1 heterocycles. The van der Waals surface area contributed by atoms with E-state index in [-0.39, 0.29) is 0 Å². The molecule has 1 fully saturated rings. The van der Waals surface area contributed by atoms with E-state index in [1.807, 2.05) is 0 Å². The molecule has 82 valence electrons. The van der Waals surface area contributed by atoms with Gasteiger partial charge in [0.25, 0.3) is 0 Å². The Labute approximate surface area is 85.3 Å². The zero-order chi connectivity index (χ0) is 10.8. The molecule has 0 saturated carbocycles. The maximum Gasteiger partial charge on any atom is 0.310 e. The van der Waals surface area contributed by atoms with E-state index in [2.05, 4.69) is 17.1 Å². The van der Waals surface area contributed by atoms with E-state index in [0.29, 0.717) is 12.6 Å². The highest BCUT2D eigenvalue weighted by molar-refractivity contribution is 5.73. The van der Waals surface area contributed by atoms with Crippen LogP contribution in [0.4, 0.5) is 0 Å². The Morgan fingerprint density at radius 3 is 2.79 bits per heavy atom. The number of carboxylic acids is 1. The van der Waals surface area contributed by atoms with Crippen molar-refractivity contribution in [2.45, 2.75) is 26.8 Å². The van der Waals surface area contributed by atoms with Crippen LogP contribution in [0.25, 0.3) is 0 Å². The van der Waals surface area contributed by atoms with Crippen molar-refractivity contribution in [2.24, 2.45) is 5.41 Å². The predicted octanol–water partition coefficient (Wildman–Crippen LogP) is 0.391. The average Bonchev–Trinajstić information content (AvgIpc) is 2.02. The molecule has 1 rings (SSSR count). The van der Waals surface area contributed by atoms with Gasteiger partial charge in [0, 0.05) is 32.2 Å². The summed E-state index contributed by atoms with van der Waals surface area (Å²) in [6.07, 6.45) is 0. The molecule has 0 aromatic carbocycles. The zero-order valence-corrected chi connectivity index (χ0v) is 9.21. The molecule has 0 amide bonds. The third-order valence-corrected chi connectivity index (χ3v) is 2.65. The lowest BCUT2D eigenvalue weighted by Gasteiger charge is -2.35. The van der Waals surface area contributed by atoms with Crippen LogP contribution in [-0.4, -0.2) is 48.2 Å². The van der Waals surface area contributed by atoms with Crippen molar-refractivity contribution in [1.82, 2.24) is 10.2 Å². The SMILES string of the molecule is C[C@@H]1CN(CC(C)(C)C(=O)O)CCN1. The second-order valence-electron chi connectivity index (χ2n) is 4.78. The first-order valence-corrected chi connectivity index (χ1v) is 5.11. The highest BCUT2D eigenvalue weighted by atomic mass is 16.4. The summed E-state index contributed by atoms with van der Waals surface area (Å²) in [5.41, 5.74) is -0.642. The number of piperazine rings is 1. The van der Waals surface area contributed by atoms with E-state index in [1.54, 1.807) is 13.8 Å². The van der Waals surface area contributed by atoms with Gasteiger partial charge in [0.15, 0.2) is 0 Å². The van der Waals surface area contributed by atoms with Gasteiger partial charge in [0.05, 0.1) is 5.41 Å². The van der Waals surface area contributed by atoms with Crippen molar-refractivity contribution in [2.75, 3.05) is 26.2 Å². The quantitative estimate of drug-likeness (QED) is 0.692. The van der Waals surface area contributed by atoms with Gasteiger partial charge in [-0.2, -0.15) is 0 Å². The van der Waals surface area contributed by atoms with Crippen molar-refractivity contribution >= 4 is 5.97 Å². The molecule has 4 heteroatoms. The van der Waals surface area contributed by atoms with E-state index in [1.165, 1.54) is 0 Å². The van der Waals surface area contributed by atoms with Gasteiger partial charge in [-0.3, -0.25) is 9.69 Å². The van der Waals surface area contributed by atoms with E-state index >= 15 is 0 Å². The van der Waals surface area contributed by atoms with Crippen LogP contribution in [0.5, 0.6) is 0 Å². The molecular formula is C10H20N2O2. The zero-order valence-electron chi connectivity index (χ0n) is 9.21. The lowest BCUT2D eigenvalue weighted by molar-refractivity contribution is -0.148. The van der Waals surface area contributed by atoms with Crippen LogP contribution in [0.1, 0.15) is 20.8 Å². The molecule has 0 radical (unpaired) electrons. The monoisotopic (exact) mass is 200 g/mol. The second-order valence-corrected chi connectivity index (χ2v) is 4.78. The Balaban J connectivity index is 2.47. The van der Waals surface area contributed by atoms with Crippen LogP contribution in [0, 0.1) is 5.41 Å². The van der Waals surface area contributed by atoms with Gasteiger partial charge in [-0.25, -0.2) is 0 Å². The summed E-state index contributed by atoms with van der Waals surface area (Å²) >= 11 is 0. The molecule has 1 atom stereocenters. The standard InChI is InChI=1S/C10H20N2O2/c1-8-6-12(5-4-11-8)7-10(2,3)9(13)14/h8,11H,4-7H2,1-3H3,(H,13,14)/t8-/m1/s1. The van der Waals surface area contributed by atoms with Crippen LogP contribution in [-0.2, 0) is 4.79 Å². The highest BCUT2D eigenvalue weighted by Crippen LogP contribution is 2.17. The maximum absolute atomic E-state index is 10.9. The molecule has 0 aromatic heterocycles. The number of carbonyl (C=O) groups is 1. The molecule has 2 N–H and O–H groups in total. The average molecular weight is 200 g/mol. The summed E-state index contributed by atoms with van der Waals surface area (Å²) in [7, 11) is 0. The number of aliphatic carboxylic acids is 1. The predicted molar refractivity (Wildman–Crippen MR) is 55.3 cm³/mol. The van der Waals surface area contributed by atoms with Gasteiger partial charge < -0.3 is 10.4 Å². The normalized spacial score (nSPS) is 24.9. The topological polar surface area (TPSA) is 52.6 Å². The van der Waals surface area contributed by atoms with Crippen LogP contribution in [0.3, 0.4) is 0 Å².